The van der Waals surface area contributed by atoms with E-state index in [0.29, 0.717) is 58.0 Å². The second kappa shape index (κ2) is 11.6. The number of fused-ring (bicyclic) bond motifs is 1. The SMILES string of the molecule is O=C(O)[C@@H]1CCCN1Cc1nc(Nc2ccc(C(F)(F)F)cc2)c2ccc(-c3ncc([C@H](O)CO)cc3Cl)cc2n1. The first-order valence-corrected chi connectivity index (χ1v) is 13.1. The number of halogens is 4. The Morgan fingerprint density at radius 3 is 2.56 bits per heavy atom. The van der Waals surface area contributed by atoms with Crippen LogP contribution in [0.1, 0.15) is 35.9 Å². The summed E-state index contributed by atoms with van der Waals surface area (Å²) in [7, 11) is 0. The molecule has 13 heteroatoms. The summed E-state index contributed by atoms with van der Waals surface area (Å²) < 4.78 is 39.2. The summed E-state index contributed by atoms with van der Waals surface area (Å²) in [6, 6.07) is 10.6. The van der Waals surface area contributed by atoms with E-state index in [1.165, 1.54) is 24.4 Å². The molecule has 41 heavy (non-hydrogen) atoms. The third kappa shape index (κ3) is 6.25. The molecule has 0 bridgehead atoms. The molecule has 1 aliphatic heterocycles. The Morgan fingerprint density at radius 2 is 1.90 bits per heavy atom. The molecule has 1 fully saturated rings. The van der Waals surface area contributed by atoms with Crippen molar-refractivity contribution in [1.82, 2.24) is 19.9 Å². The van der Waals surface area contributed by atoms with Crippen LogP contribution in [0.15, 0.2) is 54.7 Å². The quantitative estimate of drug-likeness (QED) is 0.220. The highest BCUT2D eigenvalue weighted by atomic mass is 35.5. The lowest BCUT2D eigenvalue weighted by Crippen LogP contribution is -2.35. The summed E-state index contributed by atoms with van der Waals surface area (Å²) in [5.41, 5.74) is 1.43. The van der Waals surface area contributed by atoms with Crippen molar-refractivity contribution in [1.29, 1.82) is 0 Å². The number of benzene rings is 2. The Bertz CT molecular complexity index is 1590. The largest absolute Gasteiger partial charge is 0.480 e. The van der Waals surface area contributed by atoms with Crippen LogP contribution in [0.4, 0.5) is 24.7 Å². The first-order valence-electron chi connectivity index (χ1n) is 12.7. The maximum absolute atomic E-state index is 13.1. The summed E-state index contributed by atoms with van der Waals surface area (Å²) in [5.74, 6) is -0.260. The van der Waals surface area contributed by atoms with Crippen molar-refractivity contribution in [2.45, 2.75) is 37.7 Å². The minimum atomic E-state index is -4.47. The number of anilines is 2. The van der Waals surface area contributed by atoms with Crippen molar-refractivity contribution in [3.05, 3.63) is 76.7 Å². The Morgan fingerprint density at radius 1 is 1.15 bits per heavy atom. The van der Waals surface area contributed by atoms with Crippen LogP contribution in [0.5, 0.6) is 0 Å². The smallest absolute Gasteiger partial charge is 0.416 e. The van der Waals surface area contributed by atoms with E-state index in [2.05, 4.69) is 20.3 Å². The van der Waals surface area contributed by atoms with Crippen molar-refractivity contribution in [2.24, 2.45) is 0 Å². The number of alkyl halides is 3. The lowest BCUT2D eigenvalue weighted by Gasteiger charge is -2.21. The molecule has 9 nitrogen and oxygen atoms in total. The van der Waals surface area contributed by atoms with Gasteiger partial charge in [0.05, 0.1) is 34.9 Å². The number of aliphatic hydroxyl groups is 2. The number of aromatic nitrogens is 3. The molecule has 4 aromatic rings. The van der Waals surface area contributed by atoms with E-state index in [1.807, 2.05) is 0 Å². The molecule has 2 aromatic carbocycles. The van der Waals surface area contributed by atoms with Crippen LogP contribution in [-0.2, 0) is 17.5 Å². The highest BCUT2D eigenvalue weighted by molar-refractivity contribution is 6.33. The van der Waals surface area contributed by atoms with E-state index in [1.54, 1.807) is 23.1 Å². The van der Waals surface area contributed by atoms with Crippen LogP contribution in [0.25, 0.3) is 22.2 Å². The Balaban J connectivity index is 1.55. The van der Waals surface area contributed by atoms with Crippen molar-refractivity contribution >= 4 is 40.0 Å². The standard InChI is InChI=1S/C28H25ClF3N5O4/c29-20-10-16(23(39)14-38)12-33-25(20)15-3-8-19-21(11-15)35-24(13-37-9-1-2-22(37)27(40)41)36-26(19)34-18-6-4-17(5-7-18)28(30,31)32/h3-8,10-12,22-23,38-39H,1-2,9,13-14H2,(H,40,41)(H,34,35,36)/t22-,23+/m0/s1. The molecule has 5 rings (SSSR count). The van der Waals surface area contributed by atoms with E-state index in [0.717, 1.165) is 18.6 Å². The lowest BCUT2D eigenvalue weighted by atomic mass is 10.1. The molecular weight excluding hydrogens is 563 g/mol. The van der Waals surface area contributed by atoms with Crippen LogP contribution < -0.4 is 5.32 Å². The van der Waals surface area contributed by atoms with E-state index in [9.17, 15) is 33.3 Å². The molecule has 0 saturated carbocycles. The number of carboxylic acids is 1. The lowest BCUT2D eigenvalue weighted by molar-refractivity contribution is -0.142. The number of aliphatic hydroxyl groups excluding tert-OH is 2. The number of hydrogen-bond acceptors (Lipinski definition) is 8. The number of likely N-dealkylation sites (tertiary alicyclic amines) is 1. The molecule has 1 saturated heterocycles. The first kappa shape index (κ1) is 28.7. The zero-order valence-electron chi connectivity index (χ0n) is 21.4. The summed E-state index contributed by atoms with van der Waals surface area (Å²) in [6.07, 6.45) is -2.95. The first-order chi connectivity index (χ1) is 19.5. The molecule has 0 radical (unpaired) electrons. The maximum atomic E-state index is 13.1. The Labute approximate surface area is 237 Å². The van der Waals surface area contributed by atoms with Gasteiger partial charge in [0.1, 0.15) is 23.8 Å². The van der Waals surface area contributed by atoms with Gasteiger partial charge < -0.3 is 20.6 Å². The van der Waals surface area contributed by atoms with Gasteiger partial charge in [0.25, 0.3) is 0 Å². The van der Waals surface area contributed by atoms with Gasteiger partial charge in [-0.3, -0.25) is 14.7 Å². The van der Waals surface area contributed by atoms with E-state index in [-0.39, 0.29) is 11.6 Å². The van der Waals surface area contributed by atoms with Crippen LogP contribution in [0.3, 0.4) is 0 Å². The molecule has 0 aliphatic carbocycles. The topological polar surface area (TPSA) is 132 Å². The molecule has 0 unspecified atom stereocenters. The predicted octanol–water partition coefficient (Wildman–Crippen LogP) is 5.18. The van der Waals surface area contributed by atoms with Gasteiger partial charge in [0.15, 0.2) is 0 Å². The second-order valence-corrected chi connectivity index (χ2v) is 10.1. The average Bonchev–Trinajstić information content (AvgIpc) is 3.40. The number of nitrogens with one attached hydrogen (secondary N) is 1. The summed E-state index contributed by atoms with van der Waals surface area (Å²) in [5, 5.41) is 32.6. The molecule has 2 aromatic heterocycles. The van der Waals surface area contributed by atoms with E-state index < -0.39 is 36.5 Å². The van der Waals surface area contributed by atoms with Crippen molar-refractivity contribution < 1.29 is 33.3 Å². The monoisotopic (exact) mass is 587 g/mol. The van der Waals surface area contributed by atoms with E-state index in [4.69, 9.17) is 11.6 Å². The molecule has 3 heterocycles. The number of hydrogen-bond donors (Lipinski definition) is 4. The molecule has 1 aliphatic rings. The number of carbonyl (C=O) groups is 1. The molecule has 0 spiro atoms. The van der Waals surface area contributed by atoms with Gasteiger partial charge in [-0.2, -0.15) is 13.2 Å². The highest BCUT2D eigenvalue weighted by Crippen LogP contribution is 2.34. The van der Waals surface area contributed by atoms with Crippen LogP contribution in [-0.4, -0.2) is 60.3 Å². The number of carboxylic acid groups (broad SMARTS) is 1. The van der Waals surface area contributed by atoms with Gasteiger partial charge in [-0.1, -0.05) is 17.7 Å². The third-order valence-corrected chi connectivity index (χ3v) is 7.19. The predicted molar refractivity (Wildman–Crippen MR) is 146 cm³/mol. The molecular formula is C28H25ClF3N5O4. The van der Waals surface area contributed by atoms with E-state index >= 15 is 0 Å². The van der Waals surface area contributed by atoms with Crippen LogP contribution in [0, 0.1) is 0 Å². The van der Waals surface area contributed by atoms with Gasteiger partial charge in [-0.25, -0.2) is 9.97 Å². The fourth-order valence-corrected chi connectivity index (χ4v) is 5.08. The summed E-state index contributed by atoms with van der Waals surface area (Å²) >= 11 is 6.45. The second-order valence-electron chi connectivity index (χ2n) is 9.68. The Kier molecular flexibility index (Phi) is 8.09. The molecule has 2 atom stereocenters. The third-order valence-electron chi connectivity index (χ3n) is 6.90. The van der Waals surface area contributed by atoms with Gasteiger partial charge in [0.2, 0.25) is 0 Å². The number of rotatable bonds is 8. The van der Waals surface area contributed by atoms with Gasteiger partial charge in [-0.15, -0.1) is 0 Å². The van der Waals surface area contributed by atoms with Crippen LogP contribution in [0.2, 0.25) is 5.02 Å². The fourth-order valence-electron chi connectivity index (χ4n) is 4.80. The average molecular weight is 588 g/mol. The number of pyridine rings is 1. The fraction of sp³-hybridized carbons (Fsp3) is 0.286. The number of nitrogens with zero attached hydrogens (tertiary/aromatic N) is 4. The van der Waals surface area contributed by atoms with Crippen molar-refractivity contribution in [3.63, 3.8) is 0 Å². The minimum Gasteiger partial charge on any atom is -0.480 e. The molecule has 4 N–H and O–H groups in total. The number of aliphatic carboxylic acids is 1. The maximum Gasteiger partial charge on any atom is 0.416 e. The highest BCUT2D eigenvalue weighted by Gasteiger charge is 2.32. The molecule has 0 amide bonds. The summed E-state index contributed by atoms with van der Waals surface area (Å²) in [6.45, 7) is 0.235. The van der Waals surface area contributed by atoms with Crippen molar-refractivity contribution in [3.8, 4) is 11.3 Å². The summed E-state index contributed by atoms with van der Waals surface area (Å²) in [4.78, 5) is 27.1. The van der Waals surface area contributed by atoms with Crippen LogP contribution >= 0.6 is 11.6 Å². The zero-order valence-corrected chi connectivity index (χ0v) is 22.2. The normalized spacial score (nSPS) is 16.7. The zero-order chi connectivity index (χ0) is 29.3. The van der Waals surface area contributed by atoms with Gasteiger partial charge in [-0.05, 0) is 61.9 Å². The van der Waals surface area contributed by atoms with Gasteiger partial charge in [0, 0.05) is 28.4 Å². The van der Waals surface area contributed by atoms with Crippen molar-refractivity contribution in [2.75, 3.05) is 18.5 Å². The van der Waals surface area contributed by atoms with Gasteiger partial charge >= 0.3 is 12.1 Å². The molecule has 214 valence electrons. The minimum absolute atomic E-state index is 0.158. The Hall–Kier alpha value is -3.84.